The Morgan fingerprint density at radius 3 is 1.37 bits per heavy atom. The quantitative estimate of drug-likeness (QED) is 0.360. The first-order valence-corrected chi connectivity index (χ1v) is 11.8. The maximum absolute atomic E-state index is 6.04. The van der Waals surface area contributed by atoms with Crippen LogP contribution in [0.2, 0.25) is 0 Å². The molecule has 0 aromatic heterocycles. The number of nitrogens with one attached hydrogen (secondary N) is 1. The maximum atomic E-state index is 6.04. The lowest BCUT2D eigenvalue weighted by Crippen LogP contribution is -2.08. The summed E-state index contributed by atoms with van der Waals surface area (Å²) in [5.74, 6) is 1.30. The normalized spacial score (nSPS) is 18.9. The molecular weight excluding hydrogens is 434 g/mol. The van der Waals surface area contributed by atoms with Crippen LogP contribution in [0.4, 0.5) is 11.4 Å². The molecule has 4 aromatic rings. The highest BCUT2D eigenvalue weighted by Crippen LogP contribution is 2.32. The van der Waals surface area contributed by atoms with Crippen LogP contribution in [0.15, 0.2) is 119 Å². The van der Waals surface area contributed by atoms with Gasteiger partial charge in [0.1, 0.15) is 25.3 Å². The highest BCUT2D eigenvalue weighted by atomic mass is 16.5. The van der Waals surface area contributed by atoms with Crippen molar-refractivity contribution in [1.82, 2.24) is 0 Å². The summed E-state index contributed by atoms with van der Waals surface area (Å²) in [5, 5.41) is 3.58. The first-order valence-electron chi connectivity index (χ1n) is 11.8. The Labute approximate surface area is 204 Å². The number of para-hydroxylation sites is 2. The second kappa shape index (κ2) is 9.47. The molecule has 2 aliphatic rings. The van der Waals surface area contributed by atoms with Gasteiger partial charge in [-0.2, -0.15) is 0 Å². The van der Waals surface area contributed by atoms with Crippen molar-refractivity contribution in [3.63, 3.8) is 0 Å². The van der Waals surface area contributed by atoms with Gasteiger partial charge in [-0.05, 0) is 35.4 Å². The van der Waals surface area contributed by atoms with Crippen molar-refractivity contribution in [2.24, 2.45) is 9.98 Å². The topological polar surface area (TPSA) is 55.2 Å². The minimum atomic E-state index is 0.00251. The smallest absolute Gasteiger partial charge is 0.219 e. The van der Waals surface area contributed by atoms with E-state index in [2.05, 4.69) is 29.6 Å². The first-order chi connectivity index (χ1) is 17.3. The minimum absolute atomic E-state index is 0.00251. The Bertz CT molecular complexity index is 1280. The summed E-state index contributed by atoms with van der Waals surface area (Å²) in [6, 6.07) is 36.7. The zero-order valence-corrected chi connectivity index (χ0v) is 19.2. The number of ether oxygens (including phenoxy) is 2. The Morgan fingerprint density at radius 2 is 0.914 bits per heavy atom. The second-order valence-electron chi connectivity index (χ2n) is 8.56. The van der Waals surface area contributed by atoms with E-state index in [4.69, 9.17) is 19.5 Å². The highest BCUT2D eigenvalue weighted by Gasteiger charge is 2.25. The van der Waals surface area contributed by atoms with Gasteiger partial charge in [-0.1, -0.05) is 84.9 Å². The van der Waals surface area contributed by atoms with Gasteiger partial charge in [-0.3, -0.25) is 0 Å². The van der Waals surface area contributed by atoms with Gasteiger partial charge in [0.05, 0.1) is 22.5 Å². The molecule has 2 aliphatic heterocycles. The van der Waals surface area contributed by atoms with E-state index in [1.54, 1.807) is 0 Å². The molecule has 0 radical (unpaired) electrons. The van der Waals surface area contributed by atoms with Crippen molar-refractivity contribution in [3.05, 3.63) is 131 Å². The third-order valence-electron chi connectivity index (χ3n) is 6.26. The van der Waals surface area contributed by atoms with Gasteiger partial charge < -0.3 is 14.8 Å². The van der Waals surface area contributed by atoms with Gasteiger partial charge >= 0.3 is 0 Å². The van der Waals surface area contributed by atoms with Crippen molar-refractivity contribution in [3.8, 4) is 0 Å². The summed E-state index contributed by atoms with van der Waals surface area (Å²) in [7, 11) is 0. The fourth-order valence-corrected chi connectivity index (χ4v) is 4.44. The molecular formula is C30H25N3O2. The van der Waals surface area contributed by atoms with Crippen molar-refractivity contribution in [2.45, 2.75) is 12.1 Å². The molecule has 6 rings (SSSR count). The number of hydrogen-bond acceptors (Lipinski definition) is 5. The number of hydrogen-bond donors (Lipinski definition) is 1. The number of anilines is 2. The average molecular weight is 460 g/mol. The summed E-state index contributed by atoms with van der Waals surface area (Å²) in [5.41, 5.74) is 6.01. The average Bonchev–Trinajstić information content (AvgIpc) is 3.61. The van der Waals surface area contributed by atoms with E-state index in [0.29, 0.717) is 25.0 Å². The van der Waals surface area contributed by atoms with Crippen LogP contribution in [0.25, 0.3) is 0 Å². The second-order valence-corrected chi connectivity index (χ2v) is 8.56. The summed E-state index contributed by atoms with van der Waals surface area (Å²) in [6.45, 7) is 1.07. The Balaban J connectivity index is 1.29. The molecule has 4 aromatic carbocycles. The lowest BCUT2D eigenvalue weighted by molar-refractivity contribution is 0.320. The standard InChI is InChI=1S/C30H25N3O2/c1-3-11-21(12-4-1)27-19-34-29(32-27)23-15-7-9-17-25(23)31-26-18-10-8-16-24(26)30-33-28(20-35-30)22-13-5-2-6-14-22/h1-18,27-28,31H,19-20H2. The summed E-state index contributed by atoms with van der Waals surface area (Å²) in [4.78, 5) is 9.76. The van der Waals surface area contributed by atoms with Crippen LogP contribution >= 0.6 is 0 Å². The molecule has 2 heterocycles. The third-order valence-corrected chi connectivity index (χ3v) is 6.26. The lowest BCUT2D eigenvalue weighted by atomic mass is 10.1. The van der Waals surface area contributed by atoms with Crippen molar-refractivity contribution in [2.75, 3.05) is 18.5 Å². The zero-order valence-electron chi connectivity index (χ0n) is 19.2. The molecule has 0 fully saturated rings. The molecule has 0 amide bonds. The predicted molar refractivity (Wildman–Crippen MR) is 140 cm³/mol. The van der Waals surface area contributed by atoms with E-state index >= 15 is 0 Å². The van der Waals surface area contributed by atoms with Crippen LogP contribution in [-0.2, 0) is 9.47 Å². The molecule has 0 spiro atoms. The van der Waals surface area contributed by atoms with Crippen LogP contribution in [0.3, 0.4) is 0 Å². The Hall–Kier alpha value is -4.38. The molecule has 1 N–H and O–H groups in total. The maximum Gasteiger partial charge on any atom is 0.219 e. The molecule has 5 heteroatoms. The number of aliphatic imine (C=N–C) groups is 2. The molecule has 0 saturated carbocycles. The van der Waals surface area contributed by atoms with Crippen LogP contribution in [0.5, 0.6) is 0 Å². The van der Waals surface area contributed by atoms with Crippen molar-refractivity contribution in [1.29, 1.82) is 0 Å². The molecule has 0 bridgehead atoms. The molecule has 35 heavy (non-hydrogen) atoms. The van der Waals surface area contributed by atoms with E-state index in [-0.39, 0.29) is 12.1 Å². The van der Waals surface area contributed by atoms with E-state index in [0.717, 1.165) is 33.6 Å². The Kier molecular flexibility index (Phi) is 5.73. The predicted octanol–water partition coefficient (Wildman–Crippen LogP) is 6.47. The fourth-order valence-electron chi connectivity index (χ4n) is 4.44. The molecule has 172 valence electrons. The number of nitrogens with zero attached hydrogens (tertiary/aromatic N) is 2. The van der Waals surface area contributed by atoms with E-state index < -0.39 is 0 Å². The van der Waals surface area contributed by atoms with Crippen molar-refractivity contribution >= 4 is 23.2 Å². The van der Waals surface area contributed by atoms with E-state index in [1.165, 1.54) is 0 Å². The van der Waals surface area contributed by atoms with Gasteiger partial charge in [0.15, 0.2) is 0 Å². The van der Waals surface area contributed by atoms with Gasteiger partial charge in [0.25, 0.3) is 0 Å². The molecule has 0 saturated heterocycles. The van der Waals surface area contributed by atoms with Gasteiger partial charge in [-0.25, -0.2) is 9.98 Å². The molecule has 5 nitrogen and oxygen atoms in total. The monoisotopic (exact) mass is 459 g/mol. The molecule has 2 atom stereocenters. The summed E-state index contributed by atoms with van der Waals surface area (Å²) in [6.07, 6.45) is 0. The van der Waals surface area contributed by atoms with E-state index in [1.807, 2.05) is 84.9 Å². The largest absolute Gasteiger partial charge is 0.475 e. The fraction of sp³-hybridized carbons (Fsp3) is 0.133. The van der Waals surface area contributed by atoms with E-state index in [9.17, 15) is 0 Å². The molecule has 0 aliphatic carbocycles. The lowest BCUT2D eigenvalue weighted by Gasteiger charge is -2.15. The zero-order chi connectivity index (χ0) is 23.5. The Morgan fingerprint density at radius 1 is 0.514 bits per heavy atom. The molecule has 2 unspecified atom stereocenters. The number of benzene rings is 4. The SMILES string of the molecule is c1ccc(C2COC(c3ccccc3Nc3ccccc3C3=NC(c4ccccc4)CO3)=N2)cc1. The minimum Gasteiger partial charge on any atom is -0.475 e. The highest BCUT2D eigenvalue weighted by molar-refractivity contribution is 6.04. The van der Waals surface area contributed by atoms with Crippen LogP contribution in [0, 0.1) is 0 Å². The first kappa shape index (κ1) is 21.2. The van der Waals surface area contributed by atoms with Gasteiger partial charge in [-0.15, -0.1) is 0 Å². The third kappa shape index (κ3) is 4.41. The number of rotatable bonds is 6. The summed E-state index contributed by atoms with van der Waals surface area (Å²) < 4.78 is 12.1. The van der Waals surface area contributed by atoms with Gasteiger partial charge in [0, 0.05) is 0 Å². The van der Waals surface area contributed by atoms with Crippen LogP contribution in [0.1, 0.15) is 34.3 Å². The van der Waals surface area contributed by atoms with Crippen LogP contribution in [-0.4, -0.2) is 25.0 Å². The van der Waals surface area contributed by atoms with Crippen molar-refractivity contribution < 1.29 is 9.47 Å². The van der Waals surface area contributed by atoms with Gasteiger partial charge in [0.2, 0.25) is 11.8 Å². The van der Waals surface area contributed by atoms with Crippen LogP contribution < -0.4 is 5.32 Å². The summed E-state index contributed by atoms with van der Waals surface area (Å²) >= 11 is 0.